The first-order valence-electron chi connectivity index (χ1n) is 15.6. The largest absolute Gasteiger partial charge is 0.493 e. The van der Waals surface area contributed by atoms with Crippen LogP contribution in [0.3, 0.4) is 0 Å². The van der Waals surface area contributed by atoms with Gasteiger partial charge >= 0.3 is 5.97 Å². The molecule has 1 aliphatic rings. The summed E-state index contributed by atoms with van der Waals surface area (Å²) in [5, 5.41) is 23.0. The zero-order valence-corrected chi connectivity index (χ0v) is 28.3. The predicted octanol–water partition coefficient (Wildman–Crippen LogP) is 7.81. The van der Waals surface area contributed by atoms with Gasteiger partial charge in [-0.25, -0.2) is 9.18 Å². The number of hydrogen-bond acceptors (Lipinski definition) is 5. The summed E-state index contributed by atoms with van der Waals surface area (Å²) >= 11 is 8.72. The highest BCUT2D eigenvalue weighted by Crippen LogP contribution is 2.42. The first-order chi connectivity index (χ1) is 22.6. The summed E-state index contributed by atoms with van der Waals surface area (Å²) in [7, 11) is 5.67. The number of carboxylic acid groups (broad SMARTS) is 1. The van der Waals surface area contributed by atoms with Gasteiger partial charge in [-0.3, -0.25) is 9.36 Å². The van der Waals surface area contributed by atoms with Gasteiger partial charge in [0.1, 0.15) is 17.3 Å². The van der Waals surface area contributed by atoms with Gasteiger partial charge in [0.2, 0.25) is 0 Å². The summed E-state index contributed by atoms with van der Waals surface area (Å²) in [6.07, 6.45) is 2.58. The van der Waals surface area contributed by atoms with Gasteiger partial charge in [-0.1, -0.05) is 23.7 Å². The Balaban J connectivity index is 1.36. The number of thioether (sulfide) groups is 1. The van der Waals surface area contributed by atoms with Gasteiger partial charge in [-0.05, 0) is 85.5 Å². The average molecular weight is 672 g/mol. The second-order valence-electron chi connectivity index (χ2n) is 12.2. The van der Waals surface area contributed by atoms with E-state index in [1.54, 1.807) is 35.5 Å². The minimum absolute atomic E-state index is 0.231. The maximum Gasteiger partial charge on any atom is 0.352 e. The number of benzene rings is 3. The molecule has 8 nitrogen and oxygen atoms in total. The smallest absolute Gasteiger partial charge is 0.352 e. The summed E-state index contributed by atoms with van der Waals surface area (Å²) in [6, 6.07) is 14.7. The van der Waals surface area contributed by atoms with Crippen LogP contribution < -0.4 is 4.74 Å². The first kappa shape index (κ1) is 31.3. The van der Waals surface area contributed by atoms with Crippen molar-refractivity contribution in [3.63, 3.8) is 0 Å². The molecule has 11 heteroatoms. The van der Waals surface area contributed by atoms with Crippen molar-refractivity contribution < 1.29 is 19.0 Å². The maximum absolute atomic E-state index is 14.3. The fraction of sp³-hybridized carbons (Fsp3) is 0.306. The number of ether oxygens (including phenoxy) is 1. The van der Waals surface area contributed by atoms with E-state index in [1.165, 1.54) is 6.07 Å². The van der Waals surface area contributed by atoms with Crippen molar-refractivity contribution in [1.82, 2.24) is 24.1 Å². The van der Waals surface area contributed by atoms with E-state index in [0.29, 0.717) is 41.7 Å². The van der Waals surface area contributed by atoms with Crippen molar-refractivity contribution >= 4 is 51.0 Å². The van der Waals surface area contributed by atoms with Gasteiger partial charge in [-0.2, -0.15) is 22.0 Å². The third-order valence-corrected chi connectivity index (χ3v) is 10.5. The Hall–Kier alpha value is -4.28. The van der Waals surface area contributed by atoms with Crippen molar-refractivity contribution in [2.45, 2.75) is 44.1 Å². The van der Waals surface area contributed by atoms with Gasteiger partial charge in [0, 0.05) is 60.2 Å². The van der Waals surface area contributed by atoms with Crippen LogP contribution in [0.1, 0.15) is 50.7 Å². The Morgan fingerprint density at radius 3 is 2.57 bits per heavy atom. The Morgan fingerprint density at radius 1 is 0.957 bits per heavy atom. The molecule has 4 heterocycles. The second kappa shape index (κ2) is 12.4. The van der Waals surface area contributed by atoms with Crippen LogP contribution in [0, 0.1) is 12.7 Å². The minimum atomic E-state index is -0.997. The average Bonchev–Trinajstić information content (AvgIpc) is 3.62. The highest BCUT2D eigenvalue weighted by atomic mass is 35.5. The van der Waals surface area contributed by atoms with Crippen molar-refractivity contribution in [3.05, 3.63) is 98.8 Å². The lowest BCUT2D eigenvalue weighted by Gasteiger charge is -2.13. The zero-order valence-electron chi connectivity index (χ0n) is 26.7. The van der Waals surface area contributed by atoms with Crippen LogP contribution in [-0.2, 0) is 51.9 Å². The van der Waals surface area contributed by atoms with E-state index >= 15 is 0 Å². The molecule has 0 amide bonds. The molecule has 0 saturated carbocycles. The van der Waals surface area contributed by atoms with Crippen LogP contribution in [0.15, 0.2) is 48.5 Å². The molecular formula is C36H35ClFN5O3S. The van der Waals surface area contributed by atoms with Crippen LogP contribution in [0.25, 0.3) is 32.9 Å². The molecular weight excluding hydrogens is 637 g/mol. The van der Waals surface area contributed by atoms with Crippen LogP contribution in [0.4, 0.5) is 4.39 Å². The Morgan fingerprint density at radius 2 is 1.77 bits per heavy atom. The molecule has 1 N–H and O–H groups in total. The predicted molar refractivity (Wildman–Crippen MR) is 185 cm³/mol. The van der Waals surface area contributed by atoms with Crippen LogP contribution in [0.5, 0.6) is 5.75 Å². The van der Waals surface area contributed by atoms with E-state index in [4.69, 9.17) is 26.5 Å². The number of aromatic nitrogens is 5. The Kier molecular flexibility index (Phi) is 8.26. The van der Waals surface area contributed by atoms with Gasteiger partial charge < -0.3 is 14.4 Å². The van der Waals surface area contributed by atoms with Gasteiger partial charge in [0.25, 0.3) is 0 Å². The quantitative estimate of drug-likeness (QED) is 0.192. The minimum Gasteiger partial charge on any atom is -0.493 e. The third kappa shape index (κ3) is 5.67. The SMILES string of the molecule is Cc1nn(C)c2c1CSCc1cc(n(C)n1)CCc1cc(c3ccc(F)cc3c1)OCCCc1c(C(=O)O)n(C)c3c-2c(Cl)ccc13. The zero-order chi connectivity index (χ0) is 33.0. The molecule has 0 fully saturated rings. The summed E-state index contributed by atoms with van der Waals surface area (Å²) in [6.45, 7) is 2.36. The normalized spacial score (nSPS) is 14.3. The summed E-state index contributed by atoms with van der Waals surface area (Å²) in [4.78, 5) is 12.7. The number of halogens is 2. The molecule has 0 unspecified atom stereocenters. The number of aryl methyl sites for hydroxylation is 7. The maximum atomic E-state index is 14.3. The Bertz CT molecular complexity index is 2200. The van der Waals surface area contributed by atoms with E-state index in [2.05, 4.69) is 6.07 Å². The number of carbonyl (C=O) groups is 1. The van der Waals surface area contributed by atoms with Crippen LogP contribution in [-0.4, -0.2) is 41.8 Å². The molecule has 6 aromatic rings. The highest BCUT2D eigenvalue weighted by molar-refractivity contribution is 7.97. The van der Waals surface area contributed by atoms with E-state index in [0.717, 1.165) is 79.5 Å². The Labute approximate surface area is 281 Å². The van der Waals surface area contributed by atoms with Gasteiger partial charge in [0.05, 0.1) is 34.2 Å². The number of aromatic carboxylic acids is 1. The van der Waals surface area contributed by atoms with Crippen molar-refractivity contribution in [3.8, 4) is 17.0 Å². The van der Waals surface area contributed by atoms with Crippen molar-refractivity contribution in [2.75, 3.05) is 6.61 Å². The van der Waals surface area contributed by atoms with Crippen LogP contribution in [0.2, 0.25) is 5.02 Å². The molecule has 1 aliphatic heterocycles. The molecule has 0 saturated heterocycles. The fourth-order valence-electron chi connectivity index (χ4n) is 7.00. The second-order valence-corrected chi connectivity index (χ2v) is 13.6. The monoisotopic (exact) mass is 671 g/mol. The molecule has 8 bridgehead atoms. The van der Waals surface area contributed by atoms with Gasteiger partial charge in [-0.15, -0.1) is 0 Å². The molecule has 0 spiro atoms. The molecule has 3 aromatic carbocycles. The number of carboxylic acids is 1. The fourth-order valence-corrected chi connectivity index (χ4v) is 8.25. The topological polar surface area (TPSA) is 87.1 Å². The summed E-state index contributed by atoms with van der Waals surface area (Å²) in [5.41, 5.74) is 8.52. The summed E-state index contributed by atoms with van der Waals surface area (Å²) in [5.74, 6) is 0.796. The van der Waals surface area contributed by atoms with E-state index in [-0.39, 0.29) is 11.5 Å². The lowest BCUT2D eigenvalue weighted by molar-refractivity contribution is 0.0685. The molecule has 0 radical (unpaired) electrons. The number of rotatable bonds is 1. The standard InChI is InChI=1S/C36H35ClFN5O3S/c1-20-29-19-47-18-24-17-25(42(3)40-24)9-7-21-14-22-16-23(38)8-10-26(22)31(15-21)46-13-5-6-27-28-11-12-30(37)32(34(29)43(4)39-20)33(28)41(2)35(27)36(44)45/h8,10-12,14-17H,5-7,9,13,18-19H2,1-4H3,(H,44,45). The molecule has 0 aliphatic carbocycles. The van der Waals surface area contributed by atoms with E-state index < -0.39 is 5.97 Å². The van der Waals surface area contributed by atoms with Crippen LogP contribution >= 0.6 is 23.4 Å². The first-order valence-corrected chi connectivity index (χ1v) is 17.1. The van der Waals surface area contributed by atoms with E-state index in [9.17, 15) is 14.3 Å². The summed E-state index contributed by atoms with van der Waals surface area (Å²) < 4.78 is 26.2. The number of nitrogens with zero attached hydrogens (tertiary/aromatic N) is 5. The highest BCUT2D eigenvalue weighted by Gasteiger charge is 2.27. The molecule has 47 heavy (non-hydrogen) atoms. The molecule has 3 aromatic heterocycles. The van der Waals surface area contributed by atoms with Crippen molar-refractivity contribution in [2.24, 2.45) is 21.1 Å². The number of hydrogen-bond donors (Lipinski definition) is 1. The molecule has 242 valence electrons. The number of fused-ring (bicyclic) bond motifs is 8. The van der Waals surface area contributed by atoms with E-state index in [1.807, 2.05) is 54.6 Å². The lowest BCUT2D eigenvalue weighted by Crippen LogP contribution is -2.09. The lowest BCUT2D eigenvalue weighted by atomic mass is 10.00. The molecule has 0 atom stereocenters. The van der Waals surface area contributed by atoms with Crippen molar-refractivity contribution in [1.29, 1.82) is 0 Å². The molecule has 7 rings (SSSR count). The third-order valence-electron chi connectivity index (χ3n) is 9.15. The van der Waals surface area contributed by atoms with Gasteiger partial charge in [0.15, 0.2) is 0 Å².